The van der Waals surface area contributed by atoms with Gasteiger partial charge in [0.1, 0.15) is 29.4 Å². The van der Waals surface area contributed by atoms with Crippen molar-refractivity contribution < 1.29 is 19.7 Å². The van der Waals surface area contributed by atoms with E-state index in [-0.39, 0.29) is 6.04 Å². The van der Waals surface area contributed by atoms with Crippen molar-refractivity contribution in [3.63, 3.8) is 0 Å². The smallest absolute Gasteiger partial charge is 0.183 e. The van der Waals surface area contributed by atoms with Crippen LogP contribution in [0.4, 0.5) is 5.82 Å². The van der Waals surface area contributed by atoms with Crippen molar-refractivity contribution in [2.75, 3.05) is 25.6 Å². The first-order valence-corrected chi connectivity index (χ1v) is 16.8. The second-order valence-corrected chi connectivity index (χ2v) is 12.9. The fourth-order valence-corrected chi connectivity index (χ4v) is 6.69. The standard InChI is InChI=1S/C36H46N6O4/c1-45-20-18-35(43)39-33-21-27(17-19-37-33)46-32-16-15-30(28-7-2-3-8-29(28)32)38-36(44)40-34-22-31(25-5-4-6-25)41-42(34)26-13-11-24(12-14-26)23-9-10-23/h4-5,11-14,16-17,21-23,25,30,35-40,43-44H,2-3,6-10,15,18-20H2,1H3. The zero-order valence-electron chi connectivity index (χ0n) is 26.5. The lowest BCUT2D eigenvalue weighted by molar-refractivity contribution is 0.0921. The molecule has 7 rings (SSSR count). The lowest BCUT2D eigenvalue weighted by atomic mass is 9.82. The molecule has 2 aromatic rings. The summed E-state index contributed by atoms with van der Waals surface area (Å²) in [5.74, 6) is 4.14. The van der Waals surface area contributed by atoms with Gasteiger partial charge in [-0.1, -0.05) is 24.3 Å². The van der Waals surface area contributed by atoms with Gasteiger partial charge in [-0.25, -0.2) is 4.68 Å². The molecule has 0 amide bonds. The number of aromatic nitrogens is 2. The number of benzene rings is 1. The molecule has 2 heterocycles. The molecule has 46 heavy (non-hydrogen) atoms. The Morgan fingerprint density at radius 3 is 2.65 bits per heavy atom. The summed E-state index contributed by atoms with van der Waals surface area (Å²) in [7, 11) is 1.62. The molecule has 4 unspecified atom stereocenters. The molecule has 0 saturated heterocycles. The number of allylic oxidation sites excluding steroid dienone is 4. The highest BCUT2D eigenvalue weighted by Gasteiger charge is 2.30. The van der Waals surface area contributed by atoms with Crippen molar-refractivity contribution in [2.24, 2.45) is 0 Å². The summed E-state index contributed by atoms with van der Waals surface area (Å²) in [6.45, 7) is 1.08. The zero-order valence-corrected chi connectivity index (χ0v) is 26.5. The van der Waals surface area contributed by atoms with Crippen LogP contribution < -0.4 is 21.3 Å². The molecule has 10 nitrogen and oxygen atoms in total. The van der Waals surface area contributed by atoms with Crippen LogP contribution in [-0.2, 0) is 9.47 Å². The highest BCUT2D eigenvalue weighted by atomic mass is 16.5. The van der Waals surface area contributed by atoms with Gasteiger partial charge >= 0.3 is 0 Å². The van der Waals surface area contributed by atoms with Crippen LogP contribution in [0.15, 0.2) is 89.2 Å². The van der Waals surface area contributed by atoms with Gasteiger partial charge in [-0.05, 0) is 98.3 Å². The topological polar surface area (TPSA) is 125 Å². The predicted molar refractivity (Wildman–Crippen MR) is 178 cm³/mol. The summed E-state index contributed by atoms with van der Waals surface area (Å²) in [5.41, 5.74) is 5.91. The van der Waals surface area contributed by atoms with E-state index in [1.807, 2.05) is 16.8 Å². The number of nitrogens with one attached hydrogen (secondary N) is 4. The molecule has 4 atom stereocenters. The number of aliphatic hydroxyl groups is 2. The molecular formula is C36H46N6O4. The number of hydrogen-bond donors (Lipinski definition) is 6. The Kier molecular flexibility index (Phi) is 9.30. The van der Waals surface area contributed by atoms with Gasteiger partial charge in [-0.2, -0.15) is 5.10 Å². The Hall–Kier alpha value is -3.83. The second kappa shape index (κ2) is 13.9. The third kappa shape index (κ3) is 7.10. The number of dihydropyridines is 1. The summed E-state index contributed by atoms with van der Waals surface area (Å²) in [4.78, 5) is 0. The number of rotatable bonds is 14. The Bertz CT molecular complexity index is 1550. The van der Waals surface area contributed by atoms with E-state index in [4.69, 9.17) is 14.6 Å². The number of nitrogens with zero attached hydrogens (tertiary/aromatic N) is 2. The fraction of sp³-hybridized carbons (Fsp3) is 0.472. The first-order valence-electron chi connectivity index (χ1n) is 16.8. The van der Waals surface area contributed by atoms with Gasteiger partial charge in [-0.15, -0.1) is 0 Å². The molecule has 1 saturated carbocycles. The second-order valence-electron chi connectivity index (χ2n) is 12.9. The first-order chi connectivity index (χ1) is 22.5. The highest BCUT2D eigenvalue weighted by molar-refractivity contribution is 5.49. The maximum absolute atomic E-state index is 11.3. The summed E-state index contributed by atoms with van der Waals surface area (Å²) >= 11 is 0. The van der Waals surface area contributed by atoms with Crippen LogP contribution in [-0.4, -0.2) is 58.9 Å². The molecule has 10 heteroatoms. The van der Waals surface area contributed by atoms with Crippen LogP contribution in [0.5, 0.6) is 0 Å². The van der Waals surface area contributed by atoms with Crippen LogP contribution in [0, 0.1) is 0 Å². The van der Waals surface area contributed by atoms with Gasteiger partial charge in [0.2, 0.25) is 0 Å². The summed E-state index contributed by atoms with van der Waals surface area (Å²) in [6, 6.07) is 10.7. The minimum atomic E-state index is -0.962. The molecule has 4 aliphatic carbocycles. The molecular weight excluding hydrogens is 580 g/mol. The van der Waals surface area contributed by atoms with Crippen LogP contribution in [0.1, 0.15) is 80.9 Å². The van der Waals surface area contributed by atoms with Gasteiger partial charge in [-0.3, -0.25) is 5.32 Å². The van der Waals surface area contributed by atoms with E-state index in [1.54, 1.807) is 7.11 Å². The SMILES string of the molecule is COCCC(O)NC1=CC(OC2=CCC(NC(O)Nc3cc(C4C=CC4)nn3-c3ccc(C4CC4)cc3)C3=C2CCCC3)=CCN1. The quantitative estimate of drug-likeness (QED) is 0.129. The number of methoxy groups -OCH3 is 1. The minimum absolute atomic E-state index is 0.000846. The number of hydrogen-bond acceptors (Lipinski definition) is 9. The number of aliphatic hydroxyl groups excluding tert-OH is 2. The molecule has 5 aliphatic rings. The van der Waals surface area contributed by atoms with Crippen molar-refractivity contribution in [3.05, 3.63) is 100 Å². The van der Waals surface area contributed by atoms with E-state index < -0.39 is 12.6 Å². The van der Waals surface area contributed by atoms with Crippen molar-refractivity contribution >= 4 is 5.82 Å². The first kappa shape index (κ1) is 30.8. The van der Waals surface area contributed by atoms with E-state index in [2.05, 4.69) is 69.8 Å². The van der Waals surface area contributed by atoms with Crippen LogP contribution in [0.25, 0.3) is 5.69 Å². The lowest BCUT2D eigenvalue weighted by Crippen LogP contribution is -2.45. The van der Waals surface area contributed by atoms with E-state index >= 15 is 0 Å². The maximum Gasteiger partial charge on any atom is 0.183 e. The zero-order chi connectivity index (χ0) is 31.5. The van der Waals surface area contributed by atoms with Crippen molar-refractivity contribution in [2.45, 2.75) is 88.2 Å². The average molecular weight is 627 g/mol. The molecule has 6 N–H and O–H groups in total. The third-order valence-electron chi connectivity index (χ3n) is 9.49. The third-order valence-corrected chi connectivity index (χ3v) is 9.49. The molecule has 0 spiro atoms. The Morgan fingerprint density at radius 1 is 1.07 bits per heavy atom. The number of anilines is 1. The summed E-state index contributed by atoms with van der Waals surface area (Å²) in [5, 5.41) is 39.6. The van der Waals surface area contributed by atoms with Crippen molar-refractivity contribution in [3.8, 4) is 5.69 Å². The monoisotopic (exact) mass is 626 g/mol. The van der Waals surface area contributed by atoms with Crippen LogP contribution >= 0.6 is 0 Å². The van der Waals surface area contributed by atoms with Crippen molar-refractivity contribution in [1.29, 1.82) is 0 Å². The van der Waals surface area contributed by atoms with Gasteiger partial charge in [0.05, 0.1) is 18.0 Å². The fourth-order valence-electron chi connectivity index (χ4n) is 6.69. The average Bonchev–Trinajstić information content (AvgIpc) is 3.82. The molecule has 244 valence electrons. The Morgan fingerprint density at radius 2 is 1.89 bits per heavy atom. The Balaban J connectivity index is 1.03. The van der Waals surface area contributed by atoms with E-state index in [0.29, 0.717) is 37.8 Å². The predicted octanol–water partition coefficient (Wildman–Crippen LogP) is 4.89. The van der Waals surface area contributed by atoms with E-state index in [1.165, 1.54) is 29.6 Å². The minimum Gasteiger partial charge on any atom is -0.458 e. The van der Waals surface area contributed by atoms with Crippen LogP contribution in [0.3, 0.4) is 0 Å². The van der Waals surface area contributed by atoms with E-state index in [9.17, 15) is 10.2 Å². The van der Waals surface area contributed by atoms with Gasteiger partial charge < -0.3 is 35.6 Å². The molecule has 1 aromatic heterocycles. The molecule has 0 bridgehead atoms. The molecule has 1 aliphatic heterocycles. The molecule has 1 aromatic carbocycles. The van der Waals surface area contributed by atoms with Gasteiger partial charge in [0, 0.05) is 44.2 Å². The lowest BCUT2D eigenvalue weighted by Gasteiger charge is -2.34. The normalized spacial score (nSPS) is 23.7. The molecule has 1 fully saturated rings. The summed E-state index contributed by atoms with van der Waals surface area (Å²) < 4.78 is 13.4. The van der Waals surface area contributed by atoms with Crippen LogP contribution in [0.2, 0.25) is 0 Å². The van der Waals surface area contributed by atoms with Gasteiger partial charge in [0.25, 0.3) is 0 Å². The van der Waals surface area contributed by atoms with E-state index in [0.717, 1.165) is 66.6 Å². The molecule has 0 radical (unpaired) electrons. The summed E-state index contributed by atoms with van der Waals surface area (Å²) in [6.07, 6.45) is 17.6. The maximum atomic E-state index is 11.3. The van der Waals surface area contributed by atoms with Crippen molar-refractivity contribution in [1.82, 2.24) is 25.7 Å². The Labute approximate surface area is 270 Å². The highest BCUT2D eigenvalue weighted by Crippen LogP contribution is 2.41. The number of ether oxygens (including phenoxy) is 2. The largest absolute Gasteiger partial charge is 0.458 e. The van der Waals surface area contributed by atoms with Gasteiger partial charge in [0.15, 0.2) is 6.35 Å².